The molecule has 0 saturated carbocycles. The van der Waals surface area contributed by atoms with Crippen molar-refractivity contribution in [1.29, 1.82) is 0 Å². The number of anilines is 2. The third-order valence-electron chi connectivity index (χ3n) is 2.77. The zero-order chi connectivity index (χ0) is 14.1. The highest BCUT2D eigenvalue weighted by atomic mass is 35.5. The Morgan fingerprint density at radius 3 is 2.85 bits per heavy atom. The molecule has 0 bridgehead atoms. The maximum Gasteiger partial charge on any atom is 0.188 e. The standard InChI is InChI=1S/C14H10ClFN2OS/c1-19-9-3-5-12-13(7-9)20-14(18-12)17-11-4-2-8(16)6-10(11)15/h2-7H,1H3,(H,17,18). The lowest BCUT2D eigenvalue weighted by Crippen LogP contribution is -1.90. The molecule has 0 unspecified atom stereocenters. The van der Waals surface area contributed by atoms with Crippen LogP contribution in [0.5, 0.6) is 5.75 Å². The number of hydrogen-bond donors (Lipinski definition) is 1. The smallest absolute Gasteiger partial charge is 0.188 e. The van der Waals surface area contributed by atoms with E-state index in [4.69, 9.17) is 16.3 Å². The fourth-order valence-corrected chi connectivity index (χ4v) is 2.91. The number of halogens is 2. The van der Waals surface area contributed by atoms with E-state index < -0.39 is 0 Å². The minimum atomic E-state index is -0.366. The second kappa shape index (κ2) is 5.26. The summed E-state index contributed by atoms with van der Waals surface area (Å²) in [7, 11) is 1.62. The number of aromatic nitrogens is 1. The molecule has 0 aliphatic heterocycles. The van der Waals surface area contributed by atoms with Crippen molar-refractivity contribution in [1.82, 2.24) is 4.98 Å². The average molecular weight is 309 g/mol. The summed E-state index contributed by atoms with van der Waals surface area (Å²) in [6.07, 6.45) is 0. The molecule has 3 nitrogen and oxygen atoms in total. The lowest BCUT2D eigenvalue weighted by atomic mass is 10.3. The molecule has 1 N–H and O–H groups in total. The fourth-order valence-electron chi connectivity index (χ4n) is 1.79. The van der Waals surface area contributed by atoms with E-state index in [1.54, 1.807) is 13.2 Å². The van der Waals surface area contributed by atoms with Gasteiger partial charge in [0.15, 0.2) is 5.13 Å². The van der Waals surface area contributed by atoms with Crippen molar-refractivity contribution >= 4 is 44.0 Å². The molecule has 2 aromatic carbocycles. The van der Waals surface area contributed by atoms with Gasteiger partial charge in [0.25, 0.3) is 0 Å². The Hall–Kier alpha value is -1.85. The number of nitrogens with one attached hydrogen (secondary N) is 1. The first kappa shape index (κ1) is 13.1. The molecule has 3 aromatic rings. The summed E-state index contributed by atoms with van der Waals surface area (Å²) in [6, 6.07) is 9.87. The Balaban J connectivity index is 1.94. The molecule has 0 aliphatic rings. The molecule has 0 spiro atoms. The number of nitrogens with zero attached hydrogens (tertiary/aromatic N) is 1. The third-order valence-corrected chi connectivity index (χ3v) is 4.01. The van der Waals surface area contributed by atoms with Crippen LogP contribution in [0.2, 0.25) is 5.02 Å². The van der Waals surface area contributed by atoms with E-state index in [-0.39, 0.29) is 5.82 Å². The summed E-state index contributed by atoms with van der Waals surface area (Å²) in [6.45, 7) is 0. The molecular formula is C14H10ClFN2OS. The predicted molar refractivity (Wildman–Crippen MR) is 80.9 cm³/mol. The van der Waals surface area contributed by atoms with Crippen LogP contribution in [-0.2, 0) is 0 Å². The van der Waals surface area contributed by atoms with Crippen molar-refractivity contribution < 1.29 is 9.13 Å². The van der Waals surface area contributed by atoms with E-state index >= 15 is 0 Å². The zero-order valence-electron chi connectivity index (χ0n) is 10.5. The van der Waals surface area contributed by atoms with E-state index in [9.17, 15) is 4.39 Å². The SMILES string of the molecule is COc1ccc2nc(Nc3ccc(F)cc3Cl)sc2c1. The largest absolute Gasteiger partial charge is 0.497 e. The number of rotatable bonds is 3. The van der Waals surface area contributed by atoms with Gasteiger partial charge >= 0.3 is 0 Å². The lowest BCUT2D eigenvalue weighted by Gasteiger charge is -2.04. The predicted octanol–water partition coefficient (Wildman–Crippen LogP) is 4.84. The Labute approximate surface area is 124 Å². The first-order chi connectivity index (χ1) is 9.65. The molecule has 0 radical (unpaired) electrons. The summed E-state index contributed by atoms with van der Waals surface area (Å²) in [5.74, 6) is 0.419. The van der Waals surface area contributed by atoms with E-state index in [1.165, 1.54) is 23.5 Å². The molecule has 0 atom stereocenters. The number of fused-ring (bicyclic) bond motifs is 1. The first-order valence-electron chi connectivity index (χ1n) is 5.82. The van der Waals surface area contributed by atoms with Crippen LogP contribution in [0.15, 0.2) is 36.4 Å². The Kier molecular flexibility index (Phi) is 3.46. The highest BCUT2D eigenvalue weighted by Gasteiger charge is 2.08. The van der Waals surface area contributed by atoms with Gasteiger partial charge in [0.2, 0.25) is 0 Å². The highest BCUT2D eigenvalue weighted by molar-refractivity contribution is 7.22. The highest BCUT2D eigenvalue weighted by Crippen LogP contribution is 2.33. The second-order valence-electron chi connectivity index (χ2n) is 4.10. The normalized spacial score (nSPS) is 10.8. The minimum Gasteiger partial charge on any atom is -0.497 e. The van der Waals surface area contributed by atoms with E-state index in [2.05, 4.69) is 10.3 Å². The van der Waals surface area contributed by atoms with Crippen LogP contribution in [0.25, 0.3) is 10.2 Å². The molecular weight excluding hydrogens is 299 g/mol. The van der Waals surface area contributed by atoms with Gasteiger partial charge in [-0.25, -0.2) is 9.37 Å². The van der Waals surface area contributed by atoms with Gasteiger partial charge in [-0.1, -0.05) is 22.9 Å². The Morgan fingerprint density at radius 2 is 2.10 bits per heavy atom. The van der Waals surface area contributed by atoms with Crippen LogP contribution in [0, 0.1) is 5.82 Å². The van der Waals surface area contributed by atoms with Crippen molar-refractivity contribution in [3.8, 4) is 5.75 Å². The van der Waals surface area contributed by atoms with Gasteiger partial charge in [-0.15, -0.1) is 0 Å². The monoisotopic (exact) mass is 308 g/mol. The van der Waals surface area contributed by atoms with Crippen molar-refractivity contribution in [2.75, 3.05) is 12.4 Å². The number of hydrogen-bond acceptors (Lipinski definition) is 4. The molecule has 102 valence electrons. The molecule has 3 rings (SSSR count). The number of thiazole rings is 1. The van der Waals surface area contributed by atoms with E-state index in [1.807, 2.05) is 18.2 Å². The summed E-state index contributed by atoms with van der Waals surface area (Å²) >= 11 is 7.46. The number of ether oxygens (including phenoxy) is 1. The quantitative estimate of drug-likeness (QED) is 0.751. The Bertz CT molecular complexity index is 775. The van der Waals surface area contributed by atoms with Crippen LogP contribution in [-0.4, -0.2) is 12.1 Å². The van der Waals surface area contributed by atoms with Crippen molar-refractivity contribution in [2.24, 2.45) is 0 Å². The minimum absolute atomic E-state index is 0.321. The number of methoxy groups -OCH3 is 1. The van der Waals surface area contributed by atoms with Gasteiger partial charge in [-0.2, -0.15) is 0 Å². The maximum absolute atomic E-state index is 13.0. The van der Waals surface area contributed by atoms with Gasteiger partial charge in [0, 0.05) is 0 Å². The van der Waals surface area contributed by atoms with Crippen LogP contribution in [0.1, 0.15) is 0 Å². The lowest BCUT2D eigenvalue weighted by molar-refractivity contribution is 0.415. The van der Waals surface area contributed by atoms with Gasteiger partial charge in [0.05, 0.1) is 28.0 Å². The maximum atomic E-state index is 13.0. The summed E-state index contributed by atoms with van der Waals surface area (Å²) in [4.78, 5) is 4.45. The molecule has 0 saturated heterocycles. The second-order valence-corrected chi connectivity index (χ2v) is 5.54. The van der Waals surface area contributed by atoms with Crippen molar-refractivity contribution in [3.63, 3.8) is 0 Å². The van der Waals surface area contributed by atoms with Crippen LogP contribution in [0.4, 0.5) is 15.2 Å². The first-order valence-corrected chi connectivity index (χ1v) is 7.02. The van der Waals surface area contributed by atoms with Crippen molar-refractivity contribution in [2.45, 2.75) is 0 Å². The molecule has 0 aliphatic carbocycles. The van der Waals surface area contributed by atoms with Crippen molar-refractivity contribution in [3.05, 3.63) is 47.2 Å². The molecule has 6 heteroatoms. The number of benzene rings is 2. The topological polar surface area (TPSA) is 34.1 Å². The summed E-state index contributed by atoms with van der Waals surface area (Å²) in [5, 5.41) is 4.11. The third kappa shape index (κ3) is 2.55. The van der Waals surface area contributed by atoms with Crippen LogP contribution < -0.4 is 10.1 Å². The molecule has 1 aromatic heterocycles. The fraction of sp³-hybridized carbons (Fsp3) is 0.0714. The Morgan fingerprint density at radius 1 is 1.25 bits per heavy atom. The van der Waals surface area contributed by atoms with E-state index in [0.29, 0.717) is 15.8 Å². The zero-order valence-corrected chi connectivity index (χ0v) is 12.1. The van der Waals surface area contributed by atoms with Crippen LogP contribution in [0.3, 0.4) is 0 Å². The van der Waals surface area contributed by atoms with Gasteiger partial charge in [-0.05, 0) is 36.4 Å². The molecule has 1 heterocycles. The molecule has 0 fully saturated rings. The van der Waals surface area contributed by atoms with Gasteiger partial charge in [0.1, 0.15) is 11.6 Å². The van der Waals surface area contributed by atoms with Crippen LogP contribution >= 0.6 is 22.9 Å². The summed E-state index contributed by atoms with van der Waals surface area (Å²) < 4.78 is 19.2. The molecule has 0 amide bonds. The van der Waals surface area contributed by atoms with E-state index in [0.717, 1.165) is 16.0 Å². The average Bonchev–Trinajstić information content (AvgIpc) is 2.83. The van der Waals surface area contributed by atoms with Gasteiger partial charge < -0.3 is 10.1 Å². The molecule has 20 heavy (non-hydrogen) atoms. The summed E-state index contributed by atoms with van der Waals surface area (Å²) in [5.41, 5.74) is 1.50. The van der Waals surface area contributed by atoms with Gasteiger partial charge in [-0.3, -0.25) is 0 Å².